The van der Waals surface area contributed by atoms with Crippen LogP contribution in [0.4, 0.5) is 4.39 Å². The molecule has 0 atom stereocenters. The topological polar surface area (TPSA) is 17.3 Å². The normalized spacial score (nSPS) is 11.0. The number of halogens is 1. The lowest BCUT2D eigenvalue weighted by molar-refractivity contribution is 0.563. The van der Waals surface area contributed by atoms with Gasteiger partial charge in [-0.3, -0.25) is 4.40 Å². The third-order valence-corrected chi connectivity index (χ3v) is 2.45. The highest BCUT2D eigenvalue weighted by Crippen LogP contribution is 2.17. The molecule has 0 aromatic carbocycles. The van der Waals surface area contributed by atoms with E-state index in [1.165, 1.54) is 0 Å². The molecule has 2 rings (SSSR count). The molecular weight excluding hydrogens is 187 g/mol. The zero-order valence-electron chi connectivity index (χ0n) is 7.16. The van der Waals surface area contributed by atoms with Crippen LogP contribution in [0.15, 0.2) is 23.4 Å². The molecule has 0 aliphatic rings. The van der Waals surface area contributed by atoms with Crippen LogP contribution < -0.4 is 0 Å². The summed E-state index contributed by atoms with van der Waals surface area (Å²) >= 11 is 4.03. The summed E-state index contributed by atoms with van der Waals surface area (Å²) in [7, 11) is 0. The Bertz CT molecular complexity index is 450. The first-order valence-corrected chi connectivity index (χ1v) is 4.53. The van der Waals surface area contributed by atoms with Gasteiger partial charge in [0.15, 0.2) is 0 Å². The summed E-state index contributed by atoms with van der Waals surface area (Å²) in [6.45, 7) is 2.01. The number of hydrogen-bond donors (Lipinski definition) is 1. The smallest absolute Gasteiger partial charge is 0.245 e. The van der Waals surface area contributed by atoms with Crippen LogP contribution >= 0.6 is 12.6 Å². The number of nitrogens with zero attached hydrogens (tertiary/aromatic N) is 2. The van der Waals surface area contributed by atoms with Gasteiger partial charge < -0.3 is 0 Å². The van der Waals surface area contributed by atoms with Crippen LogP contribution in [-0.2, 0) is 6.42 Å². The minimum Gasteiger partial charge on any atom is -0.292 e. The molecule has 0 unspecified atom stereocenters. The molecule has 0 amide bonds. The van der Waals surface area contributed by atoms with E-state index in [1.54, 1.807) is 10.6 Å². The largest absolute Gasteiger partial charge is 0.292 e. The molecule has 2 heterocycles. The van der Waals surface area contributed by atoms with Gasteiger partial charge in [-0.25, -0.2) is 0 Å². The van der Waals surface area contributed by atoms with Crippen molar-refractivity contribution in [3.8, 4) is 0 Å². The van der Waals surface area contributed by atoms with E-state index in [2.05, 4.69) is 17.6 Å². The van der Waals surface area contributed by atoms with E-state index in [9.17, 15) is 4.39 Å². The highest BCUT2D eigenvalue weighted by Gasteiger charge is 2.09. The second kappa shape index (κ2) is 3.03. The van der Waals surface area contributed by atoms with Gasteiger partial charge in [0.05, 0.1) is 0 Å². The maximum atomic E-state index is 13.0. The zero-order chi connectivity index (χ0) is 9.42. The first-order chi connectivity index (χ1) is 6.24. The van der Waals surface area contributed by atoms with Gasteiger partial charge in [0.2, 0.25) is 5.95 Å². The van der Waals surface area contributed by atoms with Crippen LogP contribution in [0.2, 0.25) is 0 Å². The van der Waals surface area contributed by atoms with E-state index >= 15 is 0 Å². The molecule has 0 spiro atoms. The number of aryl methyl sites for hydroxylation is 1. The summed E-state index contributed by atoms with van der Waals surface area (Å²) in [5.74, 6) is -0.510. The molecule has 0 aliphatic carbocycles. The number of pyridine rings is 1. The molecule has 2 nitrogen and oxygen atoms in total. The van der Waals surface area contributed by atoms with Crippen LogP contribution in [0.25, 0.3) is 5.65 Å². The third-order valence-electron chi connectivity index (χ3n) is 2.05. The Hall–Kier alpha value is -1.03. The van der Waals surface area contributed by atoms with Crippen LogP contribution in [0.3, 0.4) is 0 Å². The molecule has 0 bridgehead atoms. The zero-order valence-corrected chi connectivity index (χ0v) is 8.05. The van der Waals surface area contributed by atoms with Gasteiger partial charge in [0.25, 0.3) is 0 Å². The Morgan fingerprint density at radius 3 is 3.08 bits per heavy atom. The van der Waals surface area contributed by atoms with E-state index in [4.69, 9.17) is 0 Å². The van der Waals surface area contributed by atoms with E-state index in [0.717, 1.165) is 12.0 Å². The second-order valence-electron chi connectivity index (χ2n) is 2.81. The number of aromatic nitrogens is 2. The molecule has 0 N–H and O–H groups in total. The van der Waals surface area contributed by atoms with Gasteiger partial charge in [-0.2, -0.15) is 9.37 Å². The summed E-state index contributed by atoms with van der Waals surface area (Å²) in [4.78, 5) is 3.80. The Labute approximate surface area is 80.8 Å². The molecule has 2 aromatic heterocycles. The lowest BCUT2D eigenvalue weighted by Crippen LogP contribution is -1.89. The number of imidazole rings is 1. The first kappa shape index (κ1) is 8.56. The van der Waals surface area contributed by atoms with Crippen LogP contribution in [0, 0.1) is 5.95 Å². The Kier molecular flexibility index (Phi) is 2.00. The number of thiol groups is 1. The number of hydrogen-bond acceptors (Lipinski definition) is 2. The second-order valence-corrected chi connectivity index (χ2v) is 3.23. The molecule has 0 aliphatic heterocycles. The van der Waals surface area contributed by atoms with E-state index in [0.29, 0.717) is 5.65 Å². The van der Waals surface area contributed by atoms with Crippen molar-refractivity contribution < 1.29 is 4.39 Å². The maximum Gasteiger partial charge on any atom is 0.245 e. The summed E-state index contributed by atoms with van der Waals surface area (Å²) < 4.78 is 14.7. The van der Waals surface area contributed by atoms with Gasteiger partial charge in [0, 0.05) is 6.20 Å². The van der Waals surface area contributed by atoms with E-state index < -0.39 is 5.95 Å². The fraction of sp³-hybridized carbons (Fsp3) is 0.222. The van der Waals surface area contributed by atoms with E-state index in [-0.39, 0.29) is 5.03 Å². The van der Waals surface area contributed by atoms with E-state index in [1.807, 2.05) is 19.1 Å². The van der Waals surface area contributed by atoms with Crippen molar-refractivity contribution in [2.45, 2.75) is 18.4 Å². The van der Waals surface area contributed by atoms with Gasteiger partial charge >= 0.3 is 0 Å². The van der Waals surface area contributed by atoms with Crippen LogP contribution in [0.5, 0.6) is 0 Å². The summed E-state index contributed by atoms with van der Waals surface area (Å²) in [6.07, 6.45) is 2.60. The number of fused-ring (bicyclic) bond motifs is 1. The molecule has 13 heavy (non-hydrogen) atoms. The highest BCUT2D eigenvalue weighted by atomic mass is 32.1. The Morgan fingerprint density at radius 1 is 1.62 bits per heavy atom. The lowest BCUT2D eigenvalue weighted by Gasteiger charge is -1.99. The Morgan fingerprint density at radius 2 is 2.38 bits per heavy atom. The standard InChI is InChI=1S/C9H9FN2S/c1-2-6-4-3-5-12-8(6)11-7(10)9(12)13/h3-5,13H,2H2,1H3. The molecule has 68 valence electrons. The quantitative estimate of drug-likeness (QED) is 0.693. The Balaban J connectivity index is 2.84. The van der Waals surface area contributed by atoms with Crippen molar-refractivity contribution in [1.29, 1.82) is 0 Å². The molecule has 0 saturated heterocycles. The predicted octanol–water partition coefficient (Wildman–Crippen LogP) is 2.32. The van der Waals surface area contributed by atoms with Crippen molar-refractivity contribution in [2.24, 2.45) is 0 Å². The fourth-order valence-corrected chi connectivity index (χ4v) is 1.57. The monoisotopic (exact) mass is 196 g/mol. The van der Waals surface area contributed by atoms with Crippen molar-refractivity contribution >= 4 is 18.3 Å². The average Bonchev–Trinajstić information content (AvgIpc) is 2.43. The average molecular weight is 196 g/mol. The minimum atomic E-state index is -0.510. The minimum absolute atomic E-state index is 0.269. The first-order valence-electron chi connectivity index (χ1n) is 4.08. The molecule has 4 heteroatoms. The summed E-state index contributed by atoms with van der Waals surface area (Å²) in [5.41, 5.74) is 1.69. The van der Waals surface area contributed by atoms with Gasteiger partial charge in [-0.15, -0.1) is 12.6 Å². The molecule has 0 saturated carbocycles. The van der Waals surface area contributed by atoms with Crippen molar-refractivity contribution in [2.75, 3.05) is 0 Å². The highest BCUT2D eigenvalue weighted by molar-refractivity contribution is 7.80. The SMILES string of the molecule is CCc1cccn2c(S)c(F)nc12. The fourth-order valence-electron chi connectivity index (χ4n) is 1.36. The third kappa shape index (κ3) is 1.21. The summed E-state index contributed by atoms with van der Waals surface area (Å²) in [6, 6.07) is 3.81. The molecule has 0 fully saturated rings. The van der Waals surface area contributed by atoms with Crippen molar-refractivity contribution in [3.05, 3.63) is 29.8 Å². The lowest BCUT2D eigenvalue weighted by atomic mass is 10.2. The van der Waals surface area contributed by atoms with Gasteiger partial charge in [-0.05, 0) is 18.1 Å². The van der Waals surface area contributed by atoms with Crippen LogP contribution in [-0.4, -0.2) is 9.38 Å². The van der Waals surface area contributed by atoms with Gasteiger partial charge in [-0.1, -0.05) is 13.0 Å². The number of rotatable bonds is 1. The predicted molar refractivity (Wildman–Crippen MR) is 51.8 cm³/mol. The molecule has 2 aromatic rings. The summed E-state index contributed by atoms with van der Waals surface area (Å²) in [5, 5.41) is 0.269. The van der Waals surface area contributed by atoms with Crippen molar-refractivity contribution in [3.63, 3.8) is 0 Å². The van der Waals surface area contributed by atoms with Crippen molar-refractivity contribution in [1.82, 2.24) is 9.38 Å². The van der Waals surface area contributed by atoms with Gasteiger partial charge in [0.1, 0.15) is 10.7 Å². The molecular formula is C9H9FN2S. The van der Waals surface area contributed by atoms with Crippen LogP contribution in [0.1, 0.15) is 12.5 Å². The molecule has 0 radical (unpaired) electrons. The maximum absolute atomic E-state index is 13.0.